The lowest BCUT2D eigenvalue weighted by Crippen LogP contribution is -2.23. The Balaban J connectivity index is 1.74. The Morgan fingerprint density at radius 3 is 2.95 bits per heavy atom. The number of thiazole rings is 1. The standard InChI is InChI=1S/C14H20N4OS/c1-9(2)13-16-14(19-17-13)12-5-4-6-18(12)7-11-8-20-10(3)15-11/h8-9,12H,4-7H2,1-3H3/t12-/m0/s1. The maximum Gasteiger partial charge on any atom is 0.244 e. The summed E-state index contributed by atoms with van der Waals surface area (Å²) < 4.78 is 5.46. The van der Waals surface area contributed by atoms with Crippen LogP contribution in [-0.2, 0) is 6.54 Å². The van der Waals surface area contributed by atoms with E-state index in [4.69, 9.17) is 4.52 Å². The zero-order valence-corrected chi connectivity index (χ0v) is 13.0. The molecule has 1 aliphatic rings. The van der Waals surface area contributed by atoms with Crippen LogP contribution in [0.1, 0.15) is 61.1 Å². The highest BCUT2D eigenvalue weighted by atomic mass is 32.1. The van der Waals surface area contributed by atoms with Crippen LogP contribution in [0.25, 0.3) is 0 Å². The second kappa shape index (κ2) is 5.61. The molecular weight excluding hydrogens is 272 g/mol. The first kappa shape index (κ1) is 13.7. The molecule has 0 N–H and O–H groups in total. The molecule has 1 atom stereocenters. The molecule has 0 amide bonds. The van der Waals surface area contributed by atoms with Crippen molar-refractivity contribution in [2.75, 3.05) is 6.54 Å². The van der Waals surface area contributed by atoms with Gasteiger partial charge in [0.25, 0.3) is 0 Å². The van der Waals surface area contributed by atoms with Gasteiger partial charge in [-0.05, 0) is 26.3 Å². The van der Waals surface area contributed by atoms with E-state index in [9.17, 15) is 0 Å². The van der Waals surface area contributed by atoms with Gasteiger partial charge in [0.1, 0.15) is 0 Å². The largest absolute Gasteiger partial charge is 0.338 e. The van der Waals surface area contributed by atoms with E-state index in [1.807, 2.05) is 6.92 Å². The number of aromatic nitrogens is 3. The third-order valence-corrected chi connectivity index (χ3v) is 4.48. The second-order valence-corrected chi connectivity index (χ2v) is 6.69. The molecule has 2 aromatic rings. The fraction of sp³-hybridized carbons (Fsp3) is 0.643. The van der Waals surface area contributed by atoms with Gasteiger partial charge in [0, 0.05) is 17.8 Å². The highest BCUT2D eigenvalue weighted by molar-refractivity contribution is 7.09. The fourth-order valence-corrected chi connectivity index (χ4v) is 3.20. The minimum absolute atomic E-state index is 0.247. The van der Waals surface area contributed by atoms with Crippen molar-refractivity contribution in [3.63, 3.8) is 0 Å². The van der Waals surface area contributed by atoms with E-state index in [1.165, 1.54) is 6.42 Å². The van der Waals surface area contributed by atoms with Crippen LogP contribution in [0.3, 0.4) is 0 Å². The van der Waals surface area contributed by atoms with Gasteiger partial charge in [0.05, 0.1) is 16.7 Å². The van der Waals surface area contributed by atoms with Gasteiger partial charge in [0.15, 0.2) is 5.82 Å². The van der Waals surface area contributed by atoms with Crippen LogP contribution >= 0.6 is 11.3 Å². The van der Waals surface area contributed by atoms with Crippen LogP contribution in [-0.4, -0.2) is 26.6 Å². The van der Waals surface area contributed by atoms with Crippen molar-refractivity contribution in [3.05, 3.63) is 27.8 Å². The molecule has 3 heterocycles. The molecule has 2 aromatic heterocycles. The van der Waals surface area contributed by atoms with E-state index in [0.29, 0.717) is 5.92 Å². The number of aryl methyl sites for hydroxylation is 1. The molecule has 0 saturated carbocycles. The Morgan fingerprint density at radius 1 is 1.45 bits per heavy atom. The Morgan fingerprint density at radius 2 is 2.30 bits per heavy atom. The van der Waals surface area contributed by atoms with Crippen molar-refractivity contribution >= 4 is 11.3 Å². The van der Waals surface area contributed by atoms with Crippen molar-refractivity contribution in [3.8, 4) is 0 Å². The topological polar surface area (TPSA) is 55.1 Å². The molecule has 0 radical (unpaired) electrons. The lowest BCUT2D eigenvalue weighted by molar-refractivity contribution is 0.199. The zero-order valence-electron chi connectivity index (χ0n) is 12.2. The SMILES string of the molecule is Cc1nc(CN2CCC[C@H]2c2nc(C(C)C)no2)cs1. The molecule has 1 fully saturated rings. The van der Waals surface area contributed by atoms with Gasteiger partial charge >= 0.3 is 0 Å². The first-order valence-corrected chi connectivity index (χ1v) is 8.00. The molecule has 5 nitrogen and oxygen atoms in total. The maximum atomic E-state index is 5.46. The first-order valence-electron chi connectivity index (χ1n) is 7.12. The minimum atomic E-state index is 0.247. The molecule has 0 unspecified atom stereocenters. The van der Waals surface area contributed by atoms with Crippen molar-refractivity contribution < 1.29 is 4.52 Å². The first-order chi connectivity index (χ1) is 9.63. The van der Waals surface area contributed by atoms with E-state index in [2.05, 4.69) is 39.3 Å². The Kier molecular flexibility index (Phi) is 3.85. The highest BCUT2D eigenvalue weighted by Crippen LogP contribution is 2.32. The number of likely N-dealkylation sites (tertiary alicyclic amines) is 1. The number of hydrogen-bond donors (Lipinski definition) is 0. The normalized spacial score (nSPS) is 20.1. The molecule has 1 aliphatic heterocycles. The summed E-state index contributed by atoms with van der Waals surface area (Å²) in [5.41, 5.74) is 1.14. The summed E-state index contributed by atoms with van der Waals surface area (Å²) in [4.78, 5) is 11.5. The summed E-state index contributed by atoms with van der Waals surface area (Å²) in [7, 11) is 0. The van der Waals surface area contributed by atoms with Gasteiger partial charge in [-0.15, -0.1) is 11.3 Å². The maximum absolute atomic E-state index is 5.46. The third-order valence-electron chi connectivity index (χ3n) is 3.65. The van der Waals surface area contributed by atoms with Crippen LogP contribution in [0.5, 0.6) is 0 Å². The van der Waals surface area contributed by atoms with Crippen LogP contribution in [0.2, 0.25) is 0 Å². The Labute approximate surface area is 123 Å². The summed E-state index contributed by atoms with van der Waals surface area (Å²) in [5.74, 6) is 1.87. The van der Waals surface area contributed by atoms with Gasteiger partial charge in [-0.1, -0.05) is 19.0 Å². The van der Waals surface area contributed by atoms with Crippen LogP contribution in [0, 0.1) is 6.92 Å². The number of rotatable bonds is 4. The lowest BCUT2D eigenvalue weighted by atomic mass is 10.2. The average Bonchev–Trinajstić information content (AvgIpc) is 3.10. The molecule has 0 aromatic carbocycles. The molecule has 0 aliphatic carbocycles. The van der Waals surface area contributed by atoms with Gasteiger partial charge in [-0.25, -0.2) is 4.98 Å². The van der Waals surface area contributed by atoms with E-state index in [1.54, 1.807) is 11.3 Å². The molecule has 3 rings (SSSR count). The molecule has 6 heteroatoms. The van der Waals surface area contributed by atoms with Gasteiger partial charge in [-0.2, -0.15) is 4.98 Å². The lowest BCUT2D eigenvalue weighted by Gasteiger charge is -2.20. The quantitative estimate of drug-likeness (QED) is 0.865. The van der Waals surface area contributed by atoms with Gasteiger partial charge < -0.3 is 4.52 Å². The van der Waals surface area contributed by atoms with Crippen LogP contribution in [0.15, 0.2) is 9.90 Å². The van der Waals surface area contributed by atoms with E-state index in [-0.39, 0.29) is 6.04 Å². The molecular formula is C14H20N4OS. The number of nitrogens with zero attached hydrogens (tertiary/aromatic N) is 4. The van der Waals surface area contributed by atoms with E-state index < -0.39 is 0 Å². The molecule has 20 heavy (non-hydrogen) atoms. The molecule has 0 bridgehead atoms. The van der Waals surface area contributed by atoms with Crippen molar-refractivity contribution in [1.29, 1.82) is 0 Å². The van der Waals surface area contributed by atoms with Crippen molar-refractivity contribution in [2.45, 2.75) is 52.1 Å². The van der Waals surface area contributed by atoms with E-state index in [0.717, 1.165) is 41.9 Å². The average molecular weight is 292 g/mol. The fourth-order valence-electron chi connectivity index (χ4n) is 2.60. The van der Waals surface area contributed by atoms with Gasteiger partial charge in [0.2, 0.25) is 5.89 Å². The third kappa shape index (κ3) is 2.76. The Bertz CT molecular complexity index is 577. The second-order valence-electron chi connectivity index (χ2n) is 5.63. The summed E-state index contributed by atoms with van der Waals surface area (Å²) in [6.07, 6.45) is 2.26. The molecule has 108 valence electrons. The van der Waals surface area contributed by atoms with Crippen LogP contribution < -0.4 is 0 Å². The smallest absolute Gasteiger partial charge is 0.244 e. The van der Waals surface area contributed by atoms with E-state index >= 15 is 0 Å². The summed E-state index contributed by atoms with van der Waals surface area (Å²) in [6, 6.07) is 0.247. The van der Waals surface area contributed by atoms with Crippen LogP contribution in [0.4, 0.5) is 0 Å². The van der Waals surface area contributed by atoms with Crippen molar-refractivity contribution in [1.82, 2.24) is 20.0 Å². The highest BCUT2D eigenvalue weighted by Gasteiger charge is 2.31. The van der Waals surface area contributed by atoms with Crippen molar-refractivity contribution in [2.24, 2.45) is 0 Å². The molecule has 0 spiro atoms. The summed E-state index contributed by atoms with van der Waals surface area (Å²) in [6.45, 7) is 8.15. The predicted octanol–water partition coefficient (Wildman–Crippen LogP) is 3.30. The summed E-state index contributed by atoms with van der Waals surface area (Å²) >= 11 is 1.70. The predicted molar refractivity (Wildman–Crippen MR) is 77.6 cm³/mol. The van der Waals surface area contributed by atoms with Gasteiger partial charge in [-0.3, -0.25) is 4.90 Å². The minimum Gasteiger partial charge on any atom is -0.338 e. The number of hydrogen-bond acceptors (Lipinski definition) is 6. The zero-order chi connectivity index (χ0) is 14.1. The Hall–Kier alpha value is -1.27. The molecule has 1 saturated heterocycles. The summed E-state index contributed by atoms with van der Waals surface area (Å²) in [5, 5.41) is 7.34. The monoisotopic (exact) mass is 292 g/mol.